The number of halogens is 1. The zero-order valence-corrected chi connectivity index (χ0v) is 12.0. The molecule has 0 aliphatic rings. The summed E-state index contributed by atoms with van der Waals surface area (Å²) in [6, 6.07) is 9.31. The van der Waals surface area contributed by atoms with Gasteiger partial charge in [-0.15, -0.1) is 11.6 Å². The normalized spacial score (nSPS) is 11.7. The molecule has 0 atom stereocenters. The predicted molar refractivity (Wildman–Crippen MR) is 73.7 cm³/mol. The van der Waals surface area contributed by atoms with Crippen LogP contribution in [0.4, 0.5) is 0 Å². The lowest BCUT2D eigenvalue weighted by Crippen LogP contribution is -2.32. The van der Waals surface area contributed by atoms with Gasteiger partial charge in [0.1, 0.15) is 12.4 Å². The van der Waals surface area contributed by atoms with Gasteiger partial charge < -0.3 is 4.74 Å². The van der Waals surface area contributed by atoms with Crippen molar-refractivity contribution in [2.75, 3.05) is 31.8 Å². The summed E-state index contributed by atoms with van der Waals surface area (Å²) in [5.41, 5.74) is 0. The van der Waals surface area contributed by atoms with Gasteiger partial charge in [0.15, 0.2) is 0 Å². The fraction of sp³-hybridized carbons (Fsp3) is 0.500. The second kappa shape index (κ2) is 7.61. The number of ether oxygens (including phenoxy) is 1. The first-order valence-electron chi connectivity index (χ1n) is 5.74. The van der Waals surface area contributed by atoms with Crippen LogP contribution < -0.4 is 4.74 Å². The number of alkyl halides is 1. The maximum Gasteiger partial charge on any atom is 0.214 e. The third kappa shape index (κ3) is 5.25. The highest BCUT2D eigenvalue weighted by Crippen LogP contribution is 2.08. The van der Waals surface area contributed by atoms with Gasteiger partial charge in [-0.1, -0.05) is 18.2 Å². The molecule has 4 nitrogen and oxygen atoms in total. The molecule has 0 saturated carbocycles. The van der Waals surface area contributed by atoms with E-state index in [1.807, 2.05) is 30.3 Å². The maximum absolute atomic E-state index is 11.7. The molecule has 6 heteroatoms. The Morgan fingerprint density at radius 2 is 1.94 bits per heavy atom. The van der Waals surface area contributed by atoms with Crippen molar-refractivity contribution in [1.82, 2.24) is 4.31 Å². The SMILES string of the molecule is CN(CCOc1ccccc1)S(=O)(=O)CCCCl. The number of hydrogen-bond donors (Lipinski definition) is 0. The van der Waals surface area contributed by atoms with E-state index in [1.54, 1.807) is 7.05 Å². The number of nitrogens with zero attached hydrogens (tertiary/aromatic N) is 1. The lowest BCUT2D eigenvalue weighted by molar-refractivity contribution is 0.287. The lowest BCUT2D eigenvalue weighted by atomic mass is 10.3. The fourth-order valence-corrected chi connectivity index (χ4v) is 2.81. The van der Waals surface area contributed by atoms with Crippen LogP contribution in [-0.4, -0.2) is 44.6 Å². The van der Waals surface area contributed by atoms with Gasteiger partial charge in [-0.3, -0.25) is 0 Å². The summed E-state index contributed by atoms with van der Waals surface area (Å²) in [6.45, 7) is 0.667. The Balaban J connectivity index is 2.35. The third-order valence-electron chi connectivity index (χ3n) is 2.43. The van der Waals surface area contributed by atoms with Crippen LogP contribution in [0.1, 0.15) is 6.42 Å². The van der Waals surface area contributed by atoms with Gasteiger partial charge in [0.2, 0.25) is 10.0 Å². The second-order valence-corrected chi connectivity index (χ2v) is 6.41. The standard InChI is InChI=1S/C12H18ClNO3S/c1-14(18(15,16)11-5-8-13)9-10-17-12-6-3-2-4-7-12/h2-4,6-7H,5,8-11H2,1H3. The molecule has 102 valence electrons. The highest BCUT2D eigenvalue weighted by molar-refractivity contribution is 7.89. The molecule has 1 aromatic rings. The van der Waals surface area contributed by atoms with Crippen molar-refractivity contribution >= 4 is 21.6 Å². The van der Waals surface area contributed by atoms with E-state index >= 15 is 0 Å². The summed E-state index contributed by atoms with van der Waals surface area (Å²) in [4.78, 5) is 0. The highest BCUT2D eigenvalue weighted by atomic mass is 35.5. The molecule has 18 heavy (non-hydrogen) atoms. The molecule has 1 aromatic carbocycles. The van der Waals surface area contributed by atoms with E-state index in [0.717, 1.165) is 5.75 Å². The molecule has 0 unspecified atom stereocenters. The molecule has 0 aromatic heterocycles. The van der Waals surface area contributed by atoms with Crippen molar-refractivity contribution in [2.24, 2.45) is 0 Å². The Labute approximate surface area is 114 Å². The minimum Gasteiger partial charge on any atom is -0.492 e. The van der Waals surface area contributed by atoms with Crippen LogP contribution in [0.15, 0.2) is 30.3 Å². The largest absolute Gasteiger partial charge is 0.492 e. The van der Waals surface area contributed by atoms with Crippen LogP contribution in [0, 0.1) is 0 Å². The molecule has 1 rings (SSSR count). The zero-order chi connectivity index (χ0) is 13.4. The Morgan fingerprint density at radius 3 is 2.56 bits per heavy atom. The molecule has 0 amide bonds. The zero-order valence-electron chi connectivity index (χ0n) is 10.4. The molecular formula is C12H18ClNO3S. The van der Waals surface area contributed by atoms with E-state index in [-0.39, 0.29) is 5.75 Å². The first-order valence-corrected chi connectivity index (χ1v) is 7.88. The summed E-state index contributed by atoms with van der Waals surface area (Å²) in [6.07, 6.45) is 0.466. The number of likely N-dealkylation sites (N-methyl/N-ethyl adjacent to an activating group) is 1. The van der Waals surface area contributed by atoms with Crippen molar-refractivity contribution in [3.8, 4) is 5.75 Å². The monoisotopic (exact) mass is 291 g/mol. The summed E-state index contributed by atoms with van der Waals surface area (Å²) in [5.74, 6) is 1.18. The summed E-state index contributed by atoms with van der Waals surface area (Å²) in [5, 5.41) is 0. The van der Waals surface area contributed by atoms with Crippen LogP contribution in [-0.2, 0) is 10.0 Å². The molecule has 0 fully saturated rings. The minimum atomic E-state index is -3.21. The van der Waals surface area contributed by atoms with E-state index in [9.17, 15) is 8.42 Å². The van der Waals surface area contributed by atoms with Gasteiger partial charge in [-0.2, -0.15) is 0 Å². The molecule has 0 aliphatic heterocycles. The van der Waals surface area contributed by atoms with E-state index < -0.39 is 10.0 Å². The molecule has 0 N–H and O–H groups in total. The number of rotatable bonds is 8. The van der Waals surface area contributed by atoms with E-state index in [2.05, 4.69) is 0 Å². The maximum atomic E-state index is 11.7. The molecule has 0 spiro atoms. The van der Waals surface area contributed by atoms with Gasteiger partial charge in [0.25, 0.3) is 0 Å². The molecular weight excluding hydrogens is 274 g/mol. The average Bonchev–Trinajstić information content (AvgIpc) is 2.37. The molecule has 0 heterocycles. The summed E-state index contributed by atoms with van der Waals surface area (Å²) < 4.78 is 30.2. The predicted octanol–water partition coefficient (Wildman–Crippen LogP) is 1.96. The highest BCUT2D eigenvalue weighted by Gasteiger charge is 2.16. The summed E-state index contributed by atoms with van der Waals surface area (Å²) >= 11 is 5.49. The van der Waals surface area contributed by atoms with E-state index in [4.69, 9.17) is 16.3 Å². The van der Waals surface area contributed by atoms with Crippen LogP contribution in [0.25, 0.3) is 0 Å². The first kappa shape index (κ1) is 15.3. The molecule has 0 radical (unpaired) electrons. The first-order chi connectivity index (χ1) is 8.56. The van der Waals surface area contributed by atoms with Crippen LogP contribution >= 0.6 is 11.6 Å². The van der Waals surface area contributed by atoms with E-state index in [1.165, 1.54) is 4.31 Å². The Bertz CT molecular complexity index is 436. The van der Waals surface area contributed by atoms with E-state index in [0.29, 0.717) is 25.5 Å². The topological polar surface area (TPSA) is 46.6 Å². The van der Waals surface area contributed by atoms with Gasteiger partial charge in [0, 0.05) is 19.5 Å². The van der Waals surface area contributed by atoms with Crippen molar-refractivity contribution in [2.45, 2.75) is 6.42 Å². The lowest BCUT2D eigenvalue weighted by Gasteiger charge is -2.17. The number of para-hydroxylation sites is 1. The third-order valence-corrected chi connectivity index (χ3v) is 4.63. The van der Waals surface area contributed by atoms with Crippen molar-refractivity contribution < 1.29 is 13.2 Å². The molecule has 0 aliphatic carbocycles. The molecule has 0 bridgehead atoms. The van der Waals surface area contributed by atoms with Gasteiger partial charge in [-0.05, 0) is 18.6 Å². The Kier molecular flexibility index (Phi) is 6.46. The van der Waals surface area contributed by atoms with Crippen LogP contribution in [0.2, 0.25) is 0 Å². The second-order valence-electron chi connectivity index (χ2n) is 3.84. The van der Waals surface area contributed by atoms with Gasteiger partial charge in [-0.25, -0.2) is 12.7 Å². The number of benzene rings is 1. The average molecular weight is 292 g/mol. The Morgan fingerprint density at radius 1 is 1.28 bits per heavy atom. The minimum absolute atomic E-state index is 0.0817. The number of hydrogen-bond acceptors (Lipinski definition) is 3. The Hall–Kier alpha value is -0.780. The van der Waals surface area contributed by atoms with Crippen molar-refractivity contribution in [3.05, 3.63) is 30.3 Å². The summed E-state index contributed by atoms with van der Waals surface area (Å²) in [7, 11) is -1.65. The van der Waals surface area contributed by atoms with Crippen molar-refractivity contribution in [3.63, 3.8) is 0 Å². The quantitative estimate of drug-likeness (QED) is 0.688. The molecule has 0 saturated heterocycles. The van der Waals surface area contributed by atoms with Gasteiger partial charge in [0.05, 0.1) is 5.75 Å². The fourth-order valence-electron chi connectivity index (χ4n) is 1.34. The smallest absolute Gasteiger partial charge is 0.214 e. The van der Waals surface area contributed by atoms with Crippen LogP contribution in [0.5, 0.6) is 5.75 Å². The number of sulfonamides is 1. The van der Waals surface area contributed by atoms with Gasteiger partial charge >= 0.3 is 0 Å². The van der Waals surface area contributed by atoms with Crippen LogP contribution in [0.3, 0.4) is 0 Å². The van der Waals surface area contributed by atoms with Crippen molar-refractivity contribution in [1.29, 1.82) is 0 Å².